The maximum absolute atomic E-state index is 5.96. The van der Waals surface area contributed by atoms with E-state index in [9.17, 15) is 0 Å². The molecule has 20 heavy (non-hydrogen) atoms. The van der Waals surface area contributed by atoms with Gasteiger partial charge in [-0.05, 0) is 29.8 Å². The van der Waals surface area contributed by atoms with Gasteiger partial charge in [-0.15, -0.1) is 10.2 Å². The summed E-state index contributed by atoms with van der Waals surface area (Å²) in [5, 5.41) is 13.3. The van der Waals surface area contributed by atoms with Crippen LogP contribution in [-0.2, 0) is 6.54 Å². The van der Waals surface area contributed by atoms with Gasteiger partial charge in [0.05, 0.1) is 6.54 Å². The van der Waals surface area contributed by atoms with Crippen molar-refractivity contribution in [2.45, 2.75) is 13.5 Å². The first kappa shape index (κ1) is 12.8. The first-order valence-electron chi connectivity index (χ1n) is 6.30. The smallest absolute Gasteiger partial charge is 0.159 e. The molecule has 5 heteroatoms. The van der Waals surface area contributed by atoms with E-state index in [-0.39, 0.29) is 0 Å². The first-order chi connectivity index (χ1) is 9.70. The number of tetrazole rings is 1. The van der Waals surface area contributed by atoms with Crippen LogP contribution in [0.1, 0.15) is 11.1 Å². The molecule has 0 spiro atoms. The lowest BCUT2D eigenvalue weighted by molar-refractivity contribution is 0.573. The van der Waals surface area contributed by atoms with Gasteiger partial charge >= 0.3 is 0 Å². The van der Waals surface area contributed by atoms with Gasteiger partial charge < -0.3 is 0 Å². The Kier molecular flexibility index (Phi) is 3.48. The van der Waals surface area contributed by atoms with Crippen molar-refractivity contribution in [1.29, 1.82) is 0 Å². The maximum atomic E-state index is 5.96. The zero-order valence-electron chi connectivity index (χ0n) is 11.0. The largest absolute Gasteiger partial charge is 0.204 e. The van der Waals surface area contributed by atoms with Gasteiger partial charge in [-0.1, -0.05) is 53.6 Å². The monoisotopic (exact) mass is 284 g/mol. The molecule has 4 nitrogen and oxygen atoms in total. The second-order valence-electron chi connectivity index (χ2n) is 4.64. The van der Waals surface area contributed by atoms with Gasteiger partial charge in [0.25, 0.3) is 0 Å². The Labute approximate surface area is 122 Å². The minimum absolute atomic E-state index is 0.555. The minimum atomic E-state index is 0.555. The summed E-state index contributed by atoms with van der Waals surface area (Å²) < 4.78 is 0. The molecule has 3 rings (SSSR count). The molecule has 0 saturated carbocycles. The molecule has 100 valence electrons. The quantitative estimate of drug-likeness (QED) is 0.741. The summed E-state index contributed by atoms with van der Waals surface area (Å²) in [5.74, 6) is 0.632. The third kappa shape index (κ3) is 2.86. The Balaban J connectivity index is 1.82. The van der Waals surface area contributed by atoms with E-state index in [2.05, 4.69) is 15.4 Å². The van der Waals surface area contributed by atoms with E-state index < -0.39 is 0 Å². The highest BCUT2D eigenvalue weighted by molar-refractivity contribution is 6.30. The predicted molar refractivity (Wildman–Crippen MR) is 78.5 cm³/mol. The van der Waals surface area contributed by atoms with Crippen molar-refractivity contribution in [3.63, 3.8) is 0 Å². The summed E-state index contributed by atoms with van der Waals surface area (Å²) in [6.45, 7) is 2.60. The summed E-state index contributed by atoms with van der Waals surface area (Å²) in [6, 6.07) is 15.7. The van der Waals surface area contributed by atoms with Crippen molar-refractivity contribution in [3.8, 4) is 11.4 Å². The van der Waals surface area contributed by atoms with Gasteiger partial charge in [0, 0.05) is 10.6 Å². The number of benzene rings is 2. The summed E-state index contributed by atoms with van der Waals surface area (Å²) >= 11 is 5.96. The van der Waals surface area contributed by atoms with Crippen LogP contribution in [-0.4, -0.2) is 20.2 Å². The van der Waals surface area contributed by atoms with E-state index in [1.54, 1.807) is 4.80 Å². The van der Waals surface area contributed by atoms with Gasteiger partial charge in [0.15, 0.2) is 0 Å². The molecule has 1 heterocycles. The molecule has 2 aromatic carbocycles. The molecule has 0 radical (unpaired) electrons. The Morgan fingerprint density at radius 3 is 2.65 bits per heavy atom. The van der Waals surface area contributed by atoms with Gasteiger partial charge in [-0.25, -0.2) is 0 Å². The summed E-state index contributed by atoms with van der Waals surface area (Å²) in [6.07, 6.45) is 0. The SMILES string of the molecule is Cc1ccc(-c2nnn(Cc3cccc(Cl)c3)n2)cc1. The number of halogens is 1. The van der Waals surface area contributed by atoms with Crippen LogP contribution in [0.2, 0.25) is 5.02 Å². The van der Waals surface area contributed by atoms with Crippen molar-refractivity contribution >= 4 is 11.6 Å². The summed E-state index contributed by atoms with van der Waals surface area (Å²) in [4.78, 5) is 1.57. The molecular formula is C15H13ClN4. The van der Waals surface area contributed by atoms with Gasteiger partial charge in [0.1, 0.15) is 0 Å². The molecule has 0 aliphatic carbocycles. The third-order valence-corrected chi connectivity index (χ3v) is 3.21. The van der Waals surface area contributed by atoms with Crippen molar-refractivity contribution in [2.24, 2.45) is 0 Å². The number of rotatable bonds is 3. The summed E-state index contributed by atoms with van der Waals surface area (Å²) in [5.41, 5.74) is 3.22. The van der Waals surface area contributed by atoms with Crippen molar-refractivity contribution in [1.82, 2.24) is 20.2 Å². The second kappa shape index (κ2) is 5.43. The molecule has 0 aliphatic heterocycles. The van der Waals surface area contributed by atoms with Crippen LogP contribution >= 0.6 is 11.6 Å². The predicted octanol–water partition coefficient (Wildman–Crippen LogP) is 3.35. The van der Waals surface area contributed by atoms with Crippen molar-refractivity contribution < 1.29 is 0 Å². The fourth-order valence-electron chi connectivity index (χ4n) is 1.93. The number of aryl methyl sites for hydroxylation is 1. The number of hydrogen-bond donors (Lipinski definition) is 0. The van der Waals surface area contributed by atoms with Crippen LogP contribution < -0.4 is 0 Å². The Morgan fingerprint density at radius 2 is 1.90 bits per heavy atom. The molecule has 0 atom stereocenters. The Hall–Kier alpha value is -2.20. The lowest BCUT2D eigenvalue weighted by atomic mass is 10.1. The average Bonchev–Trinajstić information content (AvgIpc) is 2.88. The molecule has 1 aromatic heterocycles. The fraction of sp³-hybridized carbons (Fsp3) is 0.133. The standard InChI is InChI=1S/C15H13ClN4/c1-11-5-7-13(8-6-11)15-17-19-20(18-15)10-12-3-2-4-14(16)9-12/h2-9H,10H2,1H3. The topological polar surface area (TPSA) is 43.6 Å². The average molecular weight is 285 g/mol. The van der Waals surface area contributed by atoms with Crippen LogP contribution in [0.4, 0.5) is 0 Å². The first-order valence-corrected chi connectivity index (χ1v) is 6.68. The number of hydrogen-bond acceptors (Lipinski definition) is 3. The lowest BCUT2D eigenvalue weighted by Crippen LogP contribution is -2.03. The number of nitrogens with zero attached hydrogens (tertiary/aromatic N) is 4. The van der Waals surface area contributed by atoms with E-state index in [0.717, 1.165) is 11.1 Å². The molecule has 0 unspecified atom stereocenters. The Morgan fingerprint density at radius 1 is 1.10 bits per heavy atom. The second-order valence-corrected chi connectivity index (χ2v) is 5.08. The van der Waals surface area contributed by atoms with E-state index in [1.165, 1.54) is 5.56 Å². The highest BCUT2D eigenvalue weighted by Crippen LogP contribution is 2.15. The zero-order valence-corrected chi connectivity index (χ0v) is 11.7. The highest BCUT2D eigenvalue weighted by Gasteiger charge is 2.06. The Bertz CT molecular complexity index is 719. The third-order valence-electron chi connectivity index (χ3n) is 2.98. The van der Waals surface area contributed by atoms with Crippen LogP contribution in [0.5, 0.6) is 0 Å². The zero-order chi connectivity index (χ0) is 13.9. The van der Waals surface area contributed by atoms with Crippen molar-refractivity contribution in [2.75, 3.05) is 0 Å². The maximum Gasteiger partial charge on any atom is 0.204 e. The summed E-state index contributed by atoms with van der Waals surface area (Å²) in [7, 11) is 0. The number of aromatic nitrogens is 4. The van der Waals surface area contributed by atoms with Gasteiger partial charge in [-0.3, -0.25) is 0 Å². The molecular weight excluding hydrogens is 272 g/mol. The van der Waals surface area contributed by atoms with Gasteiger partial charge in [-0.2, -0.15) is 4.80 Å². The minimum Gasteiger partial charge on any atom is -0.159 e. The van der Waals surface area contributed by atoms with Crippen LogP contribution in [0, 0.1) is 6.92 Å². The molecule has 0 saturated heterocycles. The van der Waals surface area contributed by atoms with Crippen LogP contribution in [0.25, 0.3) is 11.4 Å². The van der Waals surface area contributed by atoms with E-state index >= 15 is 0 Å². The molecule has 0 aliphatic rings. The molecule has 0 amide bonds. The van der Waals surface area contributed by atoms with Gasteiger partial charge in [0.2, 0.25) is 5.82 Å². The van der Waals surface area contributed by atoms with E-state index in [4.69, 9.17) is 11.6 Å². The highest BCUT2D eigenvalue weighted by atomic mass is 35.5. The van der Waals surface area contributed by atoms with E-state index in [1.807, 2.05) is 55.5 Å². The molecule has 0 N–H and O–H groups in total. The lowest BCUT2D eigenvalue weighted by Gasteiger charge is -1.99. The van der Waals surface area contributed by atoms with Crippen LogP contribution in [0.3, 0.4) is 0 Å². The fourth-order valence-corrected chi connectivity index (χ4v) is 2.14. The van der Waals surface area contributed by atoms with Crippen molar-refractivity contribution in [3.05, 3.63) is 64.7 Å². The molecule has 0 bridgehead atoms. The van der Waals surface area contributed by atoms with Crippen LogP contribution in [0.15, 0.2) is 48.5 Å². The molecule has 0 fully saturated rings. The van der Waals surface area contributed by atoms with E-state index in [0.29, 0.717) is 17.4 Å². The normalized spacial score (nSPS) is 10.7. The molecule has 3 aromatic rings.